The molecular formula is C23H20Cl2N6O. The standard InChI is InChI=1S/C23H20Cl2N6O/c24-14-4-1-5-15(25)18(14)21-29-17-12-28-22(30-20(17)32-21)31-9-6-23(7-10-31)11-16-13(19(23)26)3-2-8-27-16/h1-5,8,12,19H,6-7,9-11,26H2/t19-/m1/s1. The summed E-state index contributed by atoms with van der Waals surface area (Å²) in [5.74, 6) is 0.962. The van der Waals surface area contributed by atoms with Crippen molar-refractivity contribution in [3.8, 4) is 11.5 Å². The summed E-state index contributed by atoms with van der Waals surface area (Å²) in [6, 6.07) is 9.38. The van der Waals surface area contributed by atoms with E-state index in [-0.39, 0.29) is 11.5 Å². The molecule has 4 heterocycles. The lowest BCUT2D eigenvalue weighted by Gasteiger charge is -2.41. The van der Waals surface area contributed by atoms with Crippen LogP contribution in [0, 0.1) is 5.41 Å². The third kappa shape index (κ3) is 3.07. The summed E-state index contributed by atoms with van der Waals surface area (Å²) in [5, 5.41) is 0.948. The van der Waals surface area contributed by atoms with Crippen molar-refractivity contribution in [1.29, 1.82) is 0 Å². The summed E-state index contributed by atoms with van der Waals surface area (Å²) < 4.78 is 5.91. The average Bonchev–Trinajstić information content (AvgIpc) is 3.33. The molecule has 162 valence electrons. The zero-order valence-corrected chi connectivity index (χ0v) is 18.6. The van der Waals surface area contributed by atoms with Crippen molar-refractivity contribution < 1.29 is 4.42 Å². The van der Waals surface area contributed by atoms with Crippen molar-refractivity contribution in [3.63, 3.8) is 0 Å². The normalized spacial score (nSPS) is 19.6. The van der Waals surface area contributed by atoms with Gasteiger partial charge in [0.05, 0.1) is 21.8 Å². The molecule has 0 radical (unpaired) electrons. The van der Waals surface area contributed by atoms with E-state index in [9.17, 15) is 0 Å². The van der Waals surface area contributed by atoms with Crippen LogP contribution in [0.3, 0.4) is 0 Å². The predicted octanol–water partition coefficient (Wildman–Crippen LogP) is 4.83. The summed E-state index contributed by atoms with van der Waals surface area (Å²) >= 11 is 12.6. The first-order chi connectivity index (χ1) is 15.5. The molecule has 1 aliphatic carbocycles. The number of nitrogens with two attached hydrogens (primary N) is 1. The molecule has 9 heteroatoms. The molecule has 0 amide bonds. The zero-order valence-electron chi connectivity index (χ0n) is 17.1. The molecular weight excluding hydrogens is 447 g/mol. The number of hydrogen-bond donors (Lipinski definition) is 1. The highest BCUT2D eigenvalue weighted by Crippen LogP contribution is 2.50. The van der Waals surface area contributed by atoms with Gasteiger partial charge in [0.25, 0.3) is 5.71 Å². The van der Waals surface area contributed by atoms with Crippen LogP contribution in [0.1, 0.15) is 30.1 Å². The smallest absolute Gasteiger partial charge is 0.252 e. The fourth-order valence-corrected chi connectivity index (χ4v) is 5.54. The van der Waals surface area contributed by atoms with Crippen LogP contribution in [0.5, 0.6) is 0 Å². The van der Waals surface area contributed by atoms with Gasteiger partial charge in [-0.15, -0.1) is 0 Å². The third-order valence-corrected chi connectivity index (χ3v) is 7.43. The van der Waals surface area contributed by atoms with Crippen LogP contribution < -0.4 is 10.6 Å². The van der Waals surface area contributed by atoms with E-state index < -0.39 is 0 Å². The molecule has 1 atom stereocenters. The number of rotatable bonds is 2. The summed E-state index contributed by atoms with van der Waals surface area (Å²) in [4.78, 5) is 20.4. The Bertz CT molecular complexity index is 1310. The maximum Gasteiger partial charge on any atom is 0.252 e. The highest BCUT2D eigenvalue weighted by atomic mass is 35.5. The van der Waals surface area contributed by atoms with Crippen molar-refractivity contribution in [1.82, 2.24) is 19.9 Å². The molecule has 1 fully saturated rings. The van der Waals surface area contributed by atoms with Gasteiger partial charge < -0.3 is 15.1 Å². The van der Waals surface area contributed by atoms with Gasteiger partial charge >= 0.3 is 0 Å². The number of hydrogen-bond acceptors (Lipinski definition) is 7. The van der Waals surface area contributed by atoms with Gasteiger partial charge in [0.2, 0.25) is 11.8 Å². The fraction of sp³-hybridized carbons (Fsp3) is 0.304. The minimum Gasteiger partial charge on any atom is -0.417 e. The Morgan fingerprint density at radius 3 is 2.56 bits per heavy atom. The molecule has 32 heavy (non-hydrogen) atoms. The number of pyridine rings is 1. The Morgan fingerprint density at radius 2 is 1.81 bits per heavy atom. The van der Waals surface area contributed by atoms with Gasteiger partial charge in [-0.2, -0.15) is 4.98 Å². The number of anilines is 1. The van der Waals surface area contributed by atoms with Crippen molar-refractivity contribution in [2.24, 2.45) is 11.1 Å². The first-order valence-corrected chi connectivity index (χ1v) is 11.3. The second-order valence-corrected chi connectivity index (χ2v) is 9.33. The molecule has 7 nitrogen and oxygen atoms in total. The number of nitrogens with zero attached hydrogens (tertiary/aromatic N) is 5. The molecule has 0 saturated carbocycles. The summed E-state index contributed by atoms with van der Waals surface area (Å²) in [5.41, 5.74) is 10.6. The van der Waals surface area contributed by atoms with E-state index in [0.29, 0.717) is 38.7 Å². The van der Waals surface area contributed by atoms with Crippen molar-refractivity contribution in [2.75, 3.05) is 18.0 Å². The second kappa shape index (κ2) is 7.40. The van der Waals surface area contributed by atoms with Crippen LogP contribution in [-0.2, 0) is 6.42 Å². The minimum atomic E-state index is 0.0222. The van der Waals surface area contributed by atoms with Crippen LogP contribution in [0.25, 0.3) is 22.7 Å². The average molecular weight is 467 g/mol. The second-order valence-electron chi connectivity index (χ2n) is 8.52. The molecule has 1 spiro atoms. The van der Waals surface area contributed by atoms with Crippen molar-refractivity contribution >= 4 is 40.4 Å². The summed E-state index contributed by atoms with van der Waals surface area (Å²) in [6.07, 6.45) is 6.39. The first-order valence-electron chi connectivity index (χ1n) is 10.6. The molecule has 0 bridgehead atoms. The monoisotopic (exact) mass is 466 g/mol. The van der Waals surface area contributed by atoms with Gasteiger partial charge in [0, 0.05) is 31.0 Å². The number of benzene rings is 1. The van der Waals surface area contributed by atoms with Gasteiger partial charge in [0.15, 0.2) is 0 Å². The van der Waals surface area contributed by atoms with Crippen LogP contribution in [-0.4, -0.2) is 33.0 Å². The van der Waals surface area contributed by atoms with E-state index in [1.807, 2.05) is 12.3 Å². The van der Waals surface area contributed by atoms with Gasteiger partial charge in [0.1, 0.15) is 5.52 Å². The highest BCUT2D eigenvalue weighted by Gasteiger charge is 2.46. The van der Waals surface area contributed by atoms with Crippen LogP contribution in [0.4, 0.5) is 5.95 Å². The largest absolute Gasteiger partial charge is 0.417 e. The molecule has 1 aromatic carbocycles. The Morgan fingerprint density at radius 1 is 1.03 bits per heavy atom. The maximum atomic E-state index is 6.66. The predicted molar refractivity (Wildman–Crippen MR) is 124 cm³/mol. The van der Waals surface area contributed by atoms with Crippen LogP contribution in [0.2, 0.25) is 10.0 Å². The maximum absolute atomic E-state index is 6.66. The molecule has 1 saturated heterocycles. The topological polar surface area (TPSA) is 94.0 Å². The van der Waals surface area contributed by atoms with Gasteiger partial charge in [-0.3, -0.25) is 4.98 Å². The Balaban J connectivity index is 1.25. The summed E-state index contributed by atoms with van der Waals surface area (Å²) in [6.45, 7) is 1.65. The number of aromatic nitrogens is 4. The van der Waals surface area contributed by atoms with E-state index in [2.05, 4.69) is 30.9 Å². The van der Waals surface area contributed by atoms with E-state index in [0.717, 1.165) is 38.0 Å². The number of fused-ring (bicyclic) bond motifs is 2. The fourth-order valence-electron chi connectivity index (χ4n) is 4.98. The highest BCUT2D eigenvalue weighted by molar-refractivity contribution is 6.38. The lowest BCUT2D eigenvalue weighted by molar-refractivity contribution is 0.186. The lowest BCUT2D eigenvalue weighted by Crippen LogP contribution is -2.44. The number of halogens is 2. The SMILES string of the molecule is N[C@@H]1c2cccnc2CC12CCN(c1ncc3nc(-c4c(Cl)cccc4Cl)oc3n1)CC2. The van der Waals surface area contributed by atoms with E-state index in [4.69, 9.17) is 33.4 Å². The molecule has 6 rings (SSSR count). The van der Waals surface area contributed by atoms with Gasteiger partial charge in [-0.25, -0.2) is 9.97 Å². The van der Waals surface area contributed by atoms with E-state index >= 15 is 0 Å². The van der Waals surface area contributed by atoms with Gasteiger partial charge in [-0.05, 0) is 48.4 Å². The minimum absolute atomic E-state index is 0.0222. The lowest BCUT2D eigenvalue weighted by atomic mass is 9.73. The quantitative estimate of drug-likeness (QED) is 0.451. The van der Waals surface area contributed by atoms with Crippen LogP contribution in [0.15, 0.2) is 47.1 Å². The van der Waals surface area contributed by atoms with Crippen molar-refractivity contribution in [3.05, 3.63) is 64.0 Å². The third-order valence-electron chi connectivity index (χ3n) is 6.80. The summed E-state index contributed by atoms with van der Waals surface area (Å²) in [7, 11) is 0. The molecule has 4 aromatic rings. The van der Waals surface area contributed by atoms with E-state index in [1.165, 1.54) is 5.56 Å². The Kier molecular flexibility index (Phi) is 4.61. The molecule has 1 aliphatic heterocycles. The van der Waals surface area contributed by atoms with E-state index in [1.54, 1.807) is 24.4 Å². The molecule has 2 N–H and O–H groups in total. The van der Waals surface area contributed by atoms with Crippen molar-refractivity contribution in [2.45, 2.75) is 25.3 Å². The molecule has 0 unspecified atom stereocenters. The number of piperidine rings is 1. The molecule has 3 aromatic heterocycles. The number of oxazole rings is 1. The zero-order chi connectivity index (χ0) is 21.9. The Hall–Kier alpha value is -2.74. The first kappa shape index (κ1) is 19.9. The Labute approximate surface area is 194 Å². The van der Waals surface area contributed by atoms with Gasteiger partial charge in [-0.1, -0.05) is 35.3 Å². The van der Waals surface area contributed by atoms with Crippen LogP contribution >= 0.6 is 23.2 Å². The molecule has 2 aliphatic rings.